The lowest BCUT2D eigenvalue weighted by Gasteiger charge is -2.28. The summed E-state index contributed by atoms with van der Waals surface area (Å²) < 4.78 is 6.18. The van der Waals surface area contributed by atoms with Crippen LogP contribution in [0.4, 0.5) is 0 Å². The van der Waals surface area contributed by atoms with Crippen LogP contribution in [-0.2, 0) is 6.42 Å². The second-order valence-corrected chi connectivity index (χ2v) is 6.90. The normalized spacial score (nSPS) is 24.4. The zero-order valence-corrected chi connectivity index (χ0v) is 13.7. The van der Waals surface area contributed by atoms with Gasteiger partial charge in [-0.25, -0.2) is 0 Å². The Bertz CT molecular complexity index is 454. The standard InChI is InChI=1S/C16H23Cl2NO/c1-10-3-5-14(6-4-10)20-16-12(7-11(2)19)8-13(17)9-15(16)18/h8-11,14H,3-7,19H2,1-2H3. The van der Waals surface area contributed by atoms with E-state index in [9.17, 15) is 0 Å². The first kappa shape index (κ1) is 15.9. The summed E-state index contributed by atoms with van der Waals surface area (Å²) in [4.78, 5) is 0. The molecular formula is C16H23Cl2NO. The van der Waals surface area contributed by atoms with Crippen molar-refractivity contribution in [2.75, 3.05) is 0 Å². The van der Waals surface area contributed by atoms with Gasteiger partial charge in [0.25, 0.3) is 0 Å². The Labute approximate surface area is 131 Å². The fourth-order valence-electron chi connectivity index (χ4n) is 2.76. The maximum atomic E-state index is 6.32. The van der Waals surface area contributed by atoms with Gasteiger partial charge in [-0.3, -0.25) is 0 Å². The molecular weight excluding hydrogens is 293 g/mol. The van der Waals surface area contributed by atoms with E-state index in [0.717, 1.165) is 36.5 Å². The molecule has 0 bridgehead atoms. The Morgan fingerprint density at radius 3 is 2.50 bits per heavy atom. The molecule has 1 aromatic carbocycles. The Hall–Kier alpha value is -0.440. The van der Waals surface area contributed by atoms with Crippen molar-refractivity contribution in [2.45, 2.75) is 58.1 Å². The molecule has 0 radical (unpaired) electrons. The van der Waals surface area contributed by atoms with Crippen molar-refractivity contribution in [3.63, 3.8) is 0 Å². The van der Waals surface area contributed by atoms with Crippen LogP contribution in [0.3, 0.4) is 0 Å². The highest BCUT2D eigenvalue weighted by atomic mass is 35.5. The minimum atomic E-state index is 0.0539. The molecule has 1 aliphatic rings. The number of hydrogen-bond donors (Lipinski definition) is 1. The Morgan fingerprint density at radius 1 is 1.25 bits per heavy atom. The van der Waals surface area contributed by atoms with Crippen molar-refractivity contribution in [2.24, 2.45) is 11.7 Å². The Kier molecular flexibility index (Phi) is 5.59. The number of rotatable bonds is 4. The minimum absolute atomic E-state index is 0.0539. The molecule has 0 aromatic heterocycles. The van der Waals surface area contributed by atoms with Crippen LogP contribution >= 0.6 is 23.2 Å². The van der Waals surface area contributed by atoms with Gasteiger partial charge in [-0.05, 0) is 62.6 Å². The van der Waals surface area contributed by atoms with E-state index in [1.165, 1.54) is 12.8 Å². The molecule has 1 unspecified atom stereocenters. The van der Waals surface area contributed by atoms with Gasteiger partial charge in [0.1, 0.15) is 5.75 Å². The number of ether oxygens (including phenoxy) is 1. The molecule has 2 rings (SSSR count). The maximum absolute atomic E-state index is 6.32. The van der Waals surface area contributed by atoms with Gasteiger partial charge in [-0.1, -0.05) is 30.1 Å². The highest BCUT2D eigenvalue weighted by Crippen LogP contribution is 2.36. The monoisotopic (exact) mass is 315 g/mol. The summed E-state index contributed by atoms with van der Waals surface area (Å²) in [5, 5.41) is 1.22. The smallest absolute Gasteiger partial charge is 0.141 e. The van der Waals surface area contributed by atoms with E-state index < -0.39 is 0 Å². The molecule has 0 heterocycles. The number of benzene rings is 1. The van der Waals surface area contributed by atoms with Crippen molar-refractivity contribution >= 4 is 23.2 Å². The quantitative estimate of drug-likeness (QED) is 0.862. The van der Waals surface area contributed by atoms with E-state index in [1.807, 2.05) is 13.0 Å². The predicted octanol–water partition coefficient (Wildman–Crippen LogP) is 4.84. The SMILES string of the molecule is CC(N)Cc1cc(Cl)cc(Cl)c1OC1CCC(C)CC1. The first-order chi connectivity index (χ1) is 9.45. The summed E-state index contributed by atoms with van der Waals surface area (Å²) in [6.45, 7) is 4.27. The highest BCUT2D eigenvalue weighted by molar-refractivity contribution is 6.35. The van der Waals surface area contributed by atoms with E-state index in [0.29, 0.717) is 10.0 Å². The fourth-order valence-corrected chi connectivity index (χ4v) is 3.34. The maximum Gasteiger partial charge on any atom is 0.141 e. The topological polar surface area (TPSA) is 35.2 Å². The minimum Gasteiger partial charge on any atom is -0.489 e. The second-order valence-electron chi connectivity index (χ2n) is 6.06. The molecule has 1 aromatic rings. The van der Waals surface area contributed by atoms with Crippen LogP contribution < -0.4 is 10.5 Å². The van der Waals surface area contributed by atoms with E-state index in [-0.39, 0.29) is 12.1 Å². The van der Waals surface area contributed by atoms with Crippen molar-refractivity contribution in [1.82, 2.24) is 0 Å². The molecule has 20 heavy (non-hydrogen) atoms. The van der Waals surface area contributed by atoms with Gasteiger partial charge < -0.3 is 10.5 Å². The van der Waals surface area contributed by atoms with Gasteiger partial charge in [0.15, 0.2) is 0 Å². The third-order valence-electron chi connectivity index (χ3n) is 3.87. The lowest BCUT2D eigenvalue weighted by Crippen LogP contribution is -2.24. The number of halogens is 2. The van der Waals surface area contributed by atoms with Gasteiger partial charge in [0.05, 0.1) is 11.1 Å². The average Bonchev–Trinajstić information content (AvgIpc) is 2.35. The van der Waals surface area contributed by atoms with E-state index in [4.69, 9.17) is 33.7 Å². The molecule has 2 N–H and O–H groups in total. The Balaban J connectivity index is 2.16. The largest absolute Gasteiger partial charge is 0.489 e. The van der Waals surface area contributed by atoms with Crippen molar-refractivity contribution in [3.8, 4) is 5.75 Å². The zero-order valence-electron chi connectivity index (χ0n) is 12.2. The van der Waals surface area contributed by atoms with Crippen LogP contribution in [-0.4, -0.2) is 12.1 Å². The van der Waals surface area contributed by atoms with E-state index in [1.54, 1.807) is 6.07 Å². The molecule has 1 atom stereocenters. The molecule has 0 amide bonds. The van der Waals surface area contributed by atoms with Crippen LogP contribution in [0.5, 0.6) is 5.75 Å². The lowest BCUT2D eigenvalue weighted by molar-refractivity contribution is 0.134. The molecule has 1 saturated carbocycles. The molecule has 112 valence electrons. The summed E-state index contributed by atoms with van der Waals surface area (Å²) in [5.74, 6) is 1.58. The van der Waals surface area contributed by atoms with Crippen molar-refractivity contribution in [1.29, 1.82) is 0 Å². The molecule has 4 heteroatoms. The first-order valence-electron chi connectivity index (χ1n) is 7.36. The second kappa shape index (κ2) is 7.02. The zero-order chi connectivity index (χ0) is 14.7. The third-order valence-corrected chi connectivity index (χ3v) is 4.37. The summed E-state index contributed by atoms with van der Waals surface area (Å²) in [6.07, 6.45) is 5.61. The van der Waals surface area contributed by atoms with Crippen molar-refractivity contribution in [3.05, 3.63) is 27.7 Å². The number of nitrogens with two attached hydrogens (primary N) is 1. The van der Waals surface area contributed by atoms with Gasteiger partial charge in [0.2, 0.25) is 0 Å². The molecule has 1 aliphatic carbocycles. The van der Waals surface area contributed by atoms with Gasteiger partial charge in [-0.2, -0.15) is 0 Å². The van der Waals surface area contributed by atoms with Gasteiger partial charge >= 0.3 is 0 Å². The molecule has 0 spiro atoms. The summed E-state index contributed by atoms with van der Waals surface area (Å²) in [6, 6.07) is 3.71. The molecule has 2 nitrogen and oxygen atoms in total. The summed E-state index contributed by atoms with van der Waals surface area (Å²) in [7, 11) is 0. The van der Waals surface area contributed by atoms with Crippen LogP contribution in [0, 0.1) is 5.92 Å². The van der Waals surface area contributed by atoms with Crippen LogP contribution in [0.1, 0.15) is 45.1 Å². The molecule has 0 saturated heterocycles. The number of hydrogen-bond acceptors (Lipinski definition) is 2. The van der Waals surface area contributed by atoms with E-state index >= 15 is 0 Å². The highest BCUT2D eigenvalue weighted by Gasteiger charge is 2.22. The summed E-state index contributed by atoms with van der Waals surface area (Å²) >= 11 is 12.4. The van der Waals surface area contributed by atoms with Crippen LogP contribution in [0.25, 0.3) is 0 Å². The third kappa shape index (κ3) is 4.28. The van der Waals surface area contributed by atoms with Crippen LogP contribution in [0.2, 0.25) is 10.0 Å². The lowest BCUT2D eigenvalue weighted by atomic mass is 9.89. The average molecular weight is 316 g/mol. The van der Waals surface area contributed by atoms with Crippen LogP contribution in [0.15, 0.2) is 12.1 Å². The van der Waals surface area contributed by atoms with Gasteiger partial charge in [-0.15, -0.1) is 0 Å². The Morgan fingerprint density at radius 2 is 1.90 bits per heavy atom. The van der Waals surface area contributed by atoms with Gasteiger partial charge in [0, 0.05) is 11.1 Å². The predicted molar refractivity (Wildman–Crippen MR) is 85.9 cm³/mol. The fraction of sp³-hybridized carbons (Fsp3) is 0.625. The summed E-state index contributed by atoms with van der Waals surface area (Å²) in [5.41, 5.74) is 6.91. The first-order valence-corrected chi connectivity index (χ1v) is 8.11. The molecule has 1 fully saturated rings. The van der Waals surface area contributed by atoms with Crippen molar-refractivity contribution < 1.29 is 4.74 Å². The van der Waals surface area contributed by atoms with E-state index in [2.05, 4.69) is 6.92 Å². The molecule has 0 aliphatic heterocycles.